The van der Waals surface area contributed by atoms with E-state index in [1.54, 1.807) is 19.2 Å². The molecule has 4 rings (SSSR count). The van der Waals surface area contributed by atoms with Gasteiger partial charge in [-0.3, -0.25) is 0 Å². The Morgan fingerprint density at radius 2 is 2.13 bits per heavy atom. The number of carbonyl (C=O) groups is 1. The van der Waals surface area contributed by atoms with Gasteiger partial charge in [-0.25, -0.2) is 32.8 Å². The van der Waals surface area contributed by atoms with Crippen LogP contribution in [0.2, 0.25) is 5.02 Å². The summed E-state index contributed by atoms with van der Waals surface area (Å²) in [5.74, 6) is -1.79. The van der Waals surface area contributed by atoms with Gasteiger partial charge in [0.2, 0.25) is 5.95 Å². The van der Waals surface area contributed by atoms with Crippen molar-refractivity contribution in [1.29, 1.82) is 0 Å². The molecule has 3 heterocycles. The van der Waals surface area contributed by atoms with E-state index in [9.17, 15) is 18.0 Å². The van der Waals surface area contributed by atoms with Crippen molar-refractivity contribution in [3.05, 3.63) is 59.3 Å². The third-order valence-electron chi connectivity index (χ3n) is 4.67. The molecule has 0 spiro atoms. The normalized spacial score (nSPS) is 17.0. The van der Waals surface area contributed by atoms with E-state index >= 15 is 0 Å². The molecule has 1 aliphatic heterocycles. The van der Waals surface area contributed by atoms with Crippen molar-refractivity contribution in [2.75, 3.05) is 23.5 Å². The van der Waals surface area contributed by atoms with Crippen LogP contribution in [0.25, 0.3) is 5.69 Å². The van der Waals surface area contributed by atoms with E-state index in [2.05, 4.69) is 20.3 Å². The van der Waals surface area contributed by atoms with Crippen molar-refractivity contribution in [3.8, 4) is 5.69 Å². The van der Waals surface area contributed by atoms with Gasteiger partial charge in [-0.15, -0.1) is 0 Å². The largest absolute Gasteiger partial charge is 0.447 e. The second-order valence-corrected chi connectivity index (χ2v) is 7.22. The Hall–Kier alpha value is -3.34. The van der Waals surface area contributed by atoms with Crippen molar-refractivity contribution in [2.45, 2.75) is 19.0 Å². The van der Waals surface area contributed by atoms with Crippen molar-refractivity contribution >= 4 is 29.5 Å². The first-order valence-corrected chi connectivity index (χ1v) is 9.55. The number of alkyl halides is 1. The molecule has 0 aliphatic carbocycles. The van der Waals surface area contributed by atoms with Crippen LogP contribution in [-0.4, -0.2) is 44.9 Å². The summed E-state index contributed by atoms with van der Waals surface area (Å²) in [6.07, 6.45) is 3.02. The molecule has 0 unspecified atom stereocenters. The lowest BCUT2D eigenvalue weighted by molar-refractivity contribution is 0.177. The molecule has 8 nitrogen and oxygen atoms in total. The van der Waals surface area contributed by atoms with Crippen LogP contribution in [0, 0.1) is 11.6 Å². The first-order valence-electron chi connectivity index (χ1n) is 9.17. The van der Waals surface area contributed by atoms with Crippen LogP contribution in [0.5, 0.6) is 0 Å². The van der Waals surface area contributed by atoms with Gasteiger partial charge in [0.25, 0.3) is 0 Å². The molecule has 1 aliphatic rings. The molecule has 2 aromatic heterocycles. The summed E-state index contributed by atoms with van der Waals surface area (Å²) in [7, 11) is 0. The predicted octanol–water partition coefficient (Wildman–Crippen LogP) is 4.06. The third-order valence-corrected chi connectivity index (χ3v) is 4.91. The summed E-state index contributed by atoms with van der Waals surface area (Å²) < 4.78 is 47.8. The number of carbonyl (C=O) groups excluding carboxylic acids is 1. The highest BCUT2D eigenvalue weighted by atomic mass is 35.5. The molecular weight excluding hydrogens is 437 g/mol. The number of amides is 1. The molecule has 1 saturated heterocycles. The van der Waals surface area contributed by atoms with Crippen LogP contribution in [0.15, 0.2) is 36.9 Å². The highest BCUT2D eigenvalue weighted by molar-refractivity contribution is 6.30. The van der Waals surface area contributed by atoms with Crippen LogP contribution in [0.4, 0.5) is 29.7 Å². The molecular formula is C19H16ClF3N6O2. The molecule has 1 N–H and O–H groups in total. The van der Waals surface area contributed by atoms with Gasteiger partial charge in [0.05, 0.1) is 29.9 Å². The third kappa shape index (κ3) is 4.13. The molecule has 0 saturated carbocycles. The molecule has 0 radical (unpaired) electrons. The first kappa shape index (κ1) is 20.9. The zero-order valence-electron chi connectivity index (χ0n) is 16.1. The number of benzene rings is 1. The maximum Gasteiger partial charge on any atom is 0.416 e. The average Bonchev–Trinajstić information content (AvgIpc) is 3.36. The Kier molecular flexibility index (Phi) is 5.68. The standard InChI is InChI=1S/C19H16ClF3N6O2/c1-10(15-7-28(9-25-15)16-3-2-11(20)4-13(16)22)26-18-24-6-14(23)17(27-18)29-12(5-21)8-31-19(29)30/h2-4,6-7,9-10,12H,5,8H2,1H3,(H,24,26,27)/t10-,12-/m0/s1. The Bertz CT molecular complexity index is 1130. The van der Waals surface area contributed by atoms with Gasteiger partial charge in [-0.2, -0.15) is 4.98 Å². The smallest absolute Gasteiger partial charge is 0.416 e. The number of cyclic esters (lactones) is 1. The van der Waals surface area contributed by atoms with Crippen molar-refractivity contribution in [3.63, 3.8) is 0 Å². The van der Waals surface area contributed by atoms with Gasteiger partial charge < -0.3 is 14.6 Å². The monoisotopic (exact) mass is 452 g/mol. The lowest BCUT2D eigenvalue weighted by Gasteiger charge is -2.19. The highest BCUT2D eigenvalue weighted by Crippen LogP contribution is 2.26. The quantitative estimate of drug-likeness (QED) is 0.607. The van der Waals surface area contributed by atoms with E-state index in [1.807, 2.05) is 0 Å². The number of nitrogens with one attached hydrogen (secondary N) is 1. The summed E-state index contributed by atoms with van der Waals surface area (Å²) in [4.78, 5) is 24.8. The van der Waals surface area contributed by atoms with Crippen molar-refractivity contribution in [1.82, 2.24) is 19.5 Å². The van der Waals surface area contributed by atoms with Gasteiger partial charge in [-0.1, -0.05) is 11.6 Å². The number of nitrogens with zero attached hydrogens (tertiary/aromatic N) is 5. The SMILES string of the molecule is C[C@H](Nc1ncc(F)c(N2C(=O)OC[C@@H]2CF)n1)c1cn(-c2ccc(Cl)cc2F)cn1. The number of hydrogen-bond donors (Lipinski definition) is 1. The minimum absolute atomic E-state index is 0.00608. The van der Waals surface area contributed by atoms with Gasteiger partial charge in [0.1, 0.15) is 25.1 Å². The van der Waals surface area contributed by atoms with E-state index in [0.29, 0.717) is 5.69 Å². The lowest BCUT2D eigenvalue weighted by atomic mass is 10.2. The first-order chi connectivity index (χ1) is 14.9. The Morgan fingerprint density at radius 1 is 1.32 bits per heavy atom. The molecule has 12 heteroatoms. The van der Waals surface area contributed by atoms with E-state index < -0.39 is 36.5 Å². The zero-order chi connectivity index (χ0) is 22.1. The fraction of sp³-hybridized carbons (Fsp3) is 0.263. The van der Waals surface area contributed by atoms with Crippen LogP contribution in [-0.2, 0) is 4.74 Å². The molecule has 3 aromatic rings. The van der Waals surface area contributed by atoms with Crippen molar-refractivity contribution < 1.29 is 22.7 Å². The van der Waals surface area contributed by atoms with Crippen LogP contribution < -0.4 is 10.2 Å². The molecule has 1 amide bonds. The lowest BCUT2D eigenvalue weighted by Crippen LogP contribution is -2.36. The van der Waals surface area contributed by atoms with Gasteiger partial charge in [0.15, 0.2) is 11.6 Å². The molecule has 1 fully saturated rings. The average molecular weight is 453 g/mol. The number of halogens is 4. The summed E-state index contributed by atoms with van der Waals surface area (Å²) in [6, 6.07) is 2.85. The van der Waals surface area contributed by atoms with Crippen LogP contribution in [0.1, 0.15) is 18.7 Å². The summed E-state index contributed by atoms with van der Waals surface area (Å²) in [5.41, 5.74) is 0.784. The minimum atomic E-state index is -0.966. The highest BCUT2D eigenvalue weighted by Gasteiger charge is 2.37. The van der Waals surface area contributed by atoms with Crippen LogP contribution in [0.3, 0.4) is 0 Å². The summed E-state index contributed by atoms with van der Waals surface area (Å²) in [5, 5.41) is 3.21. The Morgan fingerprint density at radius 3 is 2.87 bits per heavy atom. The van der Waals surface area contributed by atoms with Gasteiger partial charge in [-0.05, 0) is 25.1 Å². The fourth-order valence-corrected chi connectivity index (χ4v) is 3.24. The fourth-order valence-electron chi connectivity index (χ4n) is 3.08. The zero-order valence-corrected chi connectivity index (χ0v) is 16.9. The number of anilines is 2. The maximum absolute atomic E-state index is 14.2. The second-order valence-electron chi connectivity index (χ2n) is 6.79. The Balaban J connectivity index is 1.55. The van der Waals surface area contributed by atoms with E-state index in [1.165, 1.54) is 23.0 Å². The number of imidazole rings is 1. The van der Waals surface area contributed by atoms with Gasteiger partial charge >= 0.3 is 6.09 Å². The predicted molar refractivity (Wildman–Crippen MR) is 106 cm³/mol. The van der Waals surface area contributed by atoms with E-state index in [4.69, 9.17) is 16.3 Å². The molecule has 0 bridgehead atoms. The maximum atomic E-state index is 14.2. The molecule has 162 valence electrons. The molecule has 31 heavy (non-hydrogen) atoms. The van der Waals surface area contributed by atoms with Crippen molar-refractivity contribution in [2.24, 2.45) is 0 Å². The van der Waals surface area contributed by atoms with Gasteiger partial charge in [0, 0.05) is 11.2 Å². The number of hydrogen-bond acceptors (Lipinski definition) is 6. The minimum Gasteiger partial charge on any atom is -0.447 e. The number of ether oxygens (including phenoxy) is 1. The van der Waals surface area contributed by atoms with Crippen LogP contribution >= 0.6 is 11.6 Å². The number of rotatable bonds is 6. The van der Waals surface area contributed by atoms with E-state index in [0.717, 1.165) is 11.1 Å². The summed E-state index contributed by atoms with van der Waals surface area (Å²) >= 11 is 5.78. The Labute approximate surface area is 179 Å². The molecule has 2 atom stereocenters. The summed E-state index contributed by atoms with van der Waals surface area (Å²) in [6.45, 7) is 0.634. The molecule has 1 aromatic carbocycles. The topological polar surface area (TPSA) is 85.2 Å². The number of aromatic nitrogens is 4. The van der Waals surface area contributed by atoms with E-state index in [-0.39, 0.29) is 29.1 Å². The second kappa shape index (κ2) is 8.42.